The lowest BCUT2D eigenvalue weighted by molar-refractivity contribution is -0.140. The van der Waals surface area contributed by atoms with Gasteiger partial charge < -0.3 is 10.2 Å². The molecule has 0 aromatic heterocycles. The molecule has 0 radical (unpaired) electrons. The van der Waals surface area contributed by atoms with E-state index in [0.29, 0.717) is 12.1 Å². The molecule has 1 fully saturated rings. The Hall–Kier alpha value is -4.43. The van der Waals surface area contributed by atoms with Crippen LogP contribution in [0.4, 0.5) is 5.69 Å². The standard InChI is InChI=1S/C38H43N3O4S/c1-28-18-22-35(23-19-28)46(44,45)41(34-21-20-29(2)30(3)24-34)27-37(42)40(26-32-14-8-5-9-15-32)36(25-31-12-6-4-7-13-31)38(43)39-33-16-10-11-17-33/h4-9,12-15,18-24,33,36H,10-11,16-17,25-27H2,1-3H3,(H,39,43)/t36-/m0/s1. The predicted octanol–water partition coefficient (Wildman–Crippen LogP) is 6.51. The molecule has 1 saturated carbocycles. The summed E-state index contributed by atoms with van der Waals surface area (Å²) in [6.07, 6.45) is 4.23. The van der Waals surface area contributed by atoms with Gasteiger partial charge in [-0.15, -0.1) is 0 Å². The summed E-state index contributed by atoms with van der Waals surface area (Å²) < 4.78 is 29.7. The van der Waals surface area contributed by atoms with Crippen molar-refractivity contribution in [1.29, 1.82) is 0 Å². The van der Waals surface area contributed by atoms with E-state index in [0.717, 1.165) is 53.5 Å². The van der Waals surface area contributed by atoms with E-state index in [-0.39, 0.29) is 23.4 Å². The maximum atomic E-state index is 14.6. The van der Waals surface area contributed by atoms with Crippen molar-refractivity contribution in [2.45, 2.75) is 76.4 Å². The van der Waals surface area contributed by atoms with Gasteiger partial charge in [-0.25, -0.2) is 8.42 Å². The first-order valence-electron chi connectivity index (χ1n) is 16.0. The molecule has 5 rings (SSSR count). The van der Waals surface area contributed by atoms with E-state index >= 15 is 0 Å². The summed E-state index contributed by atoms with van der Waals surface area (Å²) in [5, 5.41) is 3.22. The summed E-state index contributed by atoms with van der Waals surface area (Å²) in [5.41, 5.74) is 5.01. The number of rotatable bonds is 12. The lowest BCUT2D eigenvalue weighted by Gasteiger charge is -2.34. The Morgan fingerprint density at radius 1 is 0.783 bits per heavy atom. The van der Waals surface area contributed by atoms with Gasteiger partial charge in [0.05, 0.1) is 10.6 Å². The number of sulfonamides is 1. The fourth-order valence-corrected chi connectivity index (χ4v) is 7.35. The van der Waals surface area contributed by atoms with Crippen molar-refractivity contribution in [3.63, 3.8) is 0 Å². The lowest BCUT2D eigenvalue weighted by Crippen LogP contribution is -2.54. The molecule has 1 aliphatic carbocycles. The second-order valence-corrected chi connectivity index (χ2v) is 14.2. The molecule has 1 atom stereocenters. The highest BCUT2D eigenvalue weighted by molar-refractivity contribution is 7.92. The van der Waals surface area contributed by atoms with Crippen LogP contribution in [0.15, 0.2) is 108 Å². The minimum atomic E-state index is -4.14. The van der Waals surface area contributed by atoms with Crippen LogP contribution in [-0.2, 0) is 32.6 Å². The van der Waals surface area contributed by atoms with E-state index < -0.39 is 28.5 Å². The van der Waals surface area contributed by atoms with E-state index in [1.165, 1.54) is 4.31 Å². The lowest BCUT2D eigenvalue weighted by atomic mass is 10.0. The number of carbonyl (C=O) groups excluding carboxylic acids is 2. The number of aryl methyl sites for hydroxylation is 3. The molecule has 0 aliphatic heterocycles. The minimum Gasteiger partial charge on any atom is -0.352 e. The molecule has 7 nitrogen and oxygen atoms in total. The predicted molar refractivity (Wildman–Crippen MR) is 183 cm³/mol. The molecule has 0 heterocycles. The number of benzene rings is 4. The number of nitrogens with one attached hydrogen (secondary N) is 1. The van der Waals surface area contributed by atoms with Crippen LogP contribution in [-0.4, -0.2) is 43.8 Å². The second kappa shape index (κ2) is 14.8. The third-order valence-electron chi connectivity index (χ3n) is 8.83. The Kier molecular flexibility index (Phi) is 10.6. The molecule has 0 bridgehead atoms. The first kappa shape index (κ1) is 32.9. The molecule has 8 heteroatoms. The topological polar surface area (TPSA) is 86.8 Å². The molecular formula is C38H43N3O4S. The zero-order chi connectivity index (χ0) is 32.7. The van der Waals surface area contributed by atoms with Crippen molar-refractivity contribution in [2.24, 2.45) is 0 Å². The van der Waals surface area contributed by atoms with Gasteiger partial charge in [-0.2, -0.15) is 0 Å². The van der Waals surface area contributed by atoms with Crippen LogP contribution in [0.2, 0.25) is 0 Å². The molecular weight excluding hydrogens is 595 g/mol. The summed E-state index contributed by atoms with van der Waals surface area (Å²) in [6, 6.07) is 30.4. The quantitative estimate of drug-likeness (QED) is 0.192. The van der Waals surface area contributed by atoms with Crippen LogP contribution in [0.5, 0.6) is 0 Å². The maximum Gasteiger partial charge on any atom is 0.264 e. The van der Waals surface area contributed by atoms with Crippen molar-refractivity contribution >= 4 is 27.5 Å². The molecule has 4 aromatic rings. The van der Waals surface area contributed by atoms with E-state index in [9.17, 15) is 18.0 Å². The average molecular weight is 638 g/mol. The van der Waals surface area contributed by atoms with Crippen LogP contribution < -0.4 is 9.62 Å². The van der Waals surface area contributed by atoms with E-state index in [1.807, 2.05) is 87.5 Å². The van der Waals surface area contributed by atoms with Gasteiger partial charge in [0.15, 0.2) is 0 Å². The Labute approximate surface area is 273 Å². The van der Waals surface area contributed by atoms with Crippen molar-refractivity contribution in [3.8, 4) is 0 Å². The minimum absolute atomic E-state index is 0.0633. The summed E-state index contributed by atoms with van der Waals surface area (Å²) in [7, 11) is -4.14. The number of hydrogen-bond acceptors (Lipinski definition) is 4. The highest BCUT2D eigenvalue weighted by Crippen LogP contribution is 2.27. The third-order valence-corrected chi connectivity index (χ3v) is 10.6. The number of nitrogens with zero attached hydrogens (tertiary/aromatic N) is 2. The molecule has 1 N–H and O–H groups in total. The molecule has 46 heavy (non-hydrogen) atoms. The first-order chi connectivity index (χ1) is 22.1. The van der Waals surface area contributed by atoms with Gasteiger partial charge in [-0.3, -0.25) is 13.9 Å². The van der Waals surface area contributed by atoms with Gasteiger partial charge in [0.2, 0.25) is 11.8 Å². The van der Waals surface area contributed by atoms with Gasteiger partial charge in [0.25, 0.3) is 10.0 Å². The van der Waals surface area contributed by atoms with Crippen molar-refractivity contribution in [3.05, 3.63) is 131 Å². The zero-order valence-corrected chi connectivity index (χ0v) is 27.7. The molecule has 0 unspecified atom stereocenters. The van der Waals surface area contributed by atoms with Gasteiger partial charge in [0.1, 0.15) is 12.6 Å². The average Bonchev–Trinajstić information content (AvgIpc) is 3.57. The monoisotopic (exact) mass is 637 g/mol. The SMILES string of the molecule is Cc1ccc(S(=O)(=O)N(CC(=O)N(Cc2ccccc2)[C@@H](Cc2ccccc2)C(=O)NC2CCCC2)c2ccc(C)c(C)c2)cc1. The van der Waals surface area contributed by atoms with Gasteiger partial charge >= 0.3 is 0 Å². The Bertz CT molecular complexity index is 1740. The second-order valence-electron chi connectivity index (χ2n) is 12.3. The number of anilines is 1. The molecule has 4 aromatic carbocycles. The van der Waals surface area contributed by atoms with Crippen LogP contribution in [0.3, 0.4) is 0 Å². The van der Waals surface area contributed by atoms with Gasteiger partial charge in [-0.1, -0.05) is 97.3 Å². The molecule has 0 spiro atoms. The van der Waals surface area contributed by atoms with Crippen LogP contribution in [0.1, 0.15) is 53.5 Å². The molecule has 1 aliphatic rings. The molecule has 2 amide bonds. The summed E-state index contributed by atoms with van der Waals surface area (Å²) in [6.45, 7) is 5.46. The van der Waals surface area contributed by atoms with E-state index in [4.69, 9.17) is 0 Å². The zero-order valence-electron chi connectivity index (χ0n) is 26.9. The fraction of sp³-hybridized carbons (Fsp3) is 0.316. The largest absolute Gasteiger partial charge is 0.352 e. The third kappa shape index (κ3) is 8.04. The van der Waals surface area contributed by atoms with Crippen molar-refractivity contribution < 1.29 is 18.0 Å². The van der Waals surface area contributed by atoms with Crippen molar-refractivity contribution in [1.82, 2.24) is 10.2 Å². The summed E-state index contributed by atoms with van der Waals surface area (Å²) >= 11 is 0. The van der Waals surface area contributed by atoms with E-state index in [1.54, 1.807) is 41.3 Å². The van der Waals surface area contributed by atoms with Crippen LogP contribution in [0.25, 0.3) is 0 Å². The number of hydrogen-bond donors (Lipinski definition) is 1. The smallest absolute Gasteiger partial charge is 0.264 e. The Morgan fingerprint density at radius 3 is 2.00 bits per heavy atom. The normalized spacial score (nSPS) is 14.1. The maximum absolute atomic E-state index is 14.6. The highest BCUT2D eigenvalue weighted by atomic mass is 32.2. The van der Waals surface area contributed by atoms with Crippen molar-refractivity contribution in [2.75, 3.05) is 10.8 Å². The molecule has 240 valence electrons. The number of carbonyl (C=O) groups is 2. The summed E-state index contributed by atoms with van der Waals surface area (Å²) in [5.74, 6) is -0.681. The number of amides is 2. The van der Waals surface area contributed by atoms with Gasteiger partial charge in [0, 0.05) is 19.0 Å². The Morgan fingerprint density at radius 2 is 1.39 bits per heavy atom. The highest BCUT2D eigenvalue weighted by Gasteiger charge is 2.35. The fourth-order valence-electron chi connectivity index (χ4n) is 5.95. The first-order valence-corrected chi connectivity index (χ1v) is 17.4. The van der Waals surface area contributed by atoms with E-state index in [2.05, 4.69) is 5.32 Å². The molecule has 0 saturated heterocycles. The van der Waals surface area contributed by atoms with Crippen LogP contribution in [0, 0.1) is 20.8 Å². The van der Waals surface area contributed by atoms with Gasteiger partial charge in [-0.05, 0) is 80.1 Å². The van der Waals surface area contributed by atoms with Crippen LogP contribution >= 0.6 is 0 Å². The summed E-state index contributed by atoms with van der Waals surface area (Å²) in [4.78, 5) is 30.4. The Balaban J connectivity index is 1.56.